The number of ether oxygens (including phenoxy) is 1. The summed E-state index contributed by atoms with van der Waals surface area (Å²) in [7, 11) is 1.57. The van der Waals surface area contributed by atoms with Gasteiger partial charge in [0.25, 0.3) is 0 Å². The molecule has 0 saturated carbocycles. The van der Waals surface area contributed by atoms with Gasteiger partial charge in [-0.15, -0.1) is 11.3 Å². The zero-order valence-corrected chi connectivity index (χ0v) is 19.7. The third-order valence-electron chi connectivity index (χ3n) is 4.92. The number of hydrogen-bond donors (Lipinski definition) is 1. The third kappa shape index (κ3) is 6.47. The van der Waals surface area contributed by atoms with Crippen molar-refractivity contribution in [2.45, 2.75) is 38.9 Å². The van der Waals surface area contributed by atoms with Crippen LogP contribution in [0, 0.1) is 0 Å². The van der Waals surface area contributed by atoms with Crippen LogP contribution in [-0.4, -0.2) is 24.5 Å². The Labute approximate surface area is 195 Å². The Morgan fingerprint density at radius 3 is 2.39 bits per heavy atom. The van der Waals surface area contributed by atoms with E-state index in [2.05, 4.69) is 26.1 Å². The van der Waals surface area contributed by atoms with Crippen molar-refractivity contribution >= 4 is 28.1 Å². The second-order valence-electron chi connectivity index (χ2n) is 8.52. The van der Waals surface area contributed by atoms with E-state index in [0.29, 0.717) is 16.4 Å². The summed E-state index contributed by atoms with van der Waals surface area (Å²) in [6.45, 7) is 6.13. The molecule has 0 radical (unpaired) electrons. The summed E-state index contributed by atoms with van der Waals surface area (Å²) in [5, 5.41) is 5.33. The fraction of sp³-hybridized carbons (Fsp3) is 0.333. The number of amides is 1. The Balaban J connectivity index is 1.78. The molecule has 9 heteroatoms. The first-order valence-corrected chi connectivity index (χ1v) is 11.2. The Morgan fingerprint density at radius 1 is 1.12 bits per heavy atom. The molecule has 3 rings (SSSR count). The van der Waals surface area contributed by atoms with Crippen molar-refractivity contribution < 1.29 is 22.7 Å². The second-order valence-corrected chi connectivity index (χ2v) is 9.36. The quantitative estimate of drug-likeness (QED) is 0.459. The number of methoxy groups -OCH3 is 1. The molecular formula is C24H26F3N3O2S. The lowest BCUT2D eigenvalue weighted by Crippen LogP contribution is -2.34. The van der Waals surface area contributed by atoms with E-state index in [1.54, 1.807) is 30.2 Å². The van der Waals surface area contributed by atoms with E-state index >= 15 is 0 Å². The topological polar surface area (TPSA) is 54.5 Å². The Kier molecular flexibility index (Phi) is 7.31. The van der Waals surface area contributed by atoms with Gasteiger partial charge in [0.1, 0.15) is 12.3 Å². The number of halogens is 3. The Hall–Kier alpha value is -3.07. The zero-order chi connectivity index (χ0) is 24.2. The number of anilines is 2. The fourth-order valence-electron chi connectivity index (χ4n) is 3.02. The van der Waals surface area contributed by atoms with Crippen LogP contribution < -0.4 is 15.0 Å². The molecule has 1 amide bonds. The predicted octanol–water partition coefficient (Wildman–Crippen LogP) is 5.92. The number of alkyl halides is 3. The molecule has 176 valence electrons. The van der Waals surface area contributed by atoms with Crippen molar-refractivity contribution in [3.05, 3.63) is 70.7 Å². The van der Waals surface area contributed by atoms with E-state index in [4.69, 9.17) is 9.72 Å². The predicted molar refractivity (Wildman–Crippen MR) is 124 cm³/mol. The van der Waals surface area contributed by atoms with Crippen LogP contribution in [0.25, 0.3) is 0 Å². The van der Waals surface area contributed by atoms with Gasteiger partial charge in [-0.3, -0.25) is 4.79 Å². The first kappa shape index (κ1) is 24.6. The number of nitrogens with one attached hydrogen (secondary N) is 1. The average molecular weight is 478 g/mol. The summed E-state index contributed by atoms with van der Waals surface area (Å²) >= 11 is 1.43. The molecule has 2 aromatic carbocycles. The molecule has 0 atom stereocenters. The molecule has 1 heterocycles. The number of hydrogen-bond acceptors (Lipinski definition) is 5. The van der Waals surface area contributed by atoms with Gasteiger partial charge < -0.3 is 15.0 Å². The van der Waals surface area contributed by atoms with E-state index in [9.17, 15) is 18.0 Å². The minimum Gasteiger partial charge on any atom is -0.497 e. The van der Waals surface area contributed by atoms with Gasteiger partial charge in [0.05, 0.1) is 18.4 Å². The molecule has 0 spiro atoms. The molecular weight excluding hydrogens is 451 g/mol. The smallest absolute Gasteiger partial charge is 0.416 e. The highest BCUT2D eigenvalue weighted by atomic mass is 32.1. The molecule has 1 N–H and O–H groups in total. The number of carbonyl (C=O) groups is 1. The standard InChI is InChI=1S/C24H26F3N3O2S/c1-23(2,3)20-15-33-22(29-20)30(18-8-10-19(32-4)11-9-18)14-21(31)28-13-16-6-5-7-17(12-16)24(25,26)27/h5-12,15H,13-14H2,1-4H3,(H,28,31). The lowest BCUT2D eigenvalue weighted by Gasteiger charge is -2.22. The van der Waals surface area contributed by atoms with Crippen molar-refractivity contribution in [1.82, 2.24) is 10.3 Å². The van der Waals surface area contributed by atoms with Crippen LogP contribution in [0.15, 0.2) is 53.9 Å². The van der Waals surface area contributed by atoms with Gasteiger partial charge in [0.2, 0.25) is 5.91 Å². The molecule has 0 aliphatic heterocycles. The molecule has 1 aromatic heterocycles. The molecule has 0 aliphatic carbocycles. The SMILES string of the molecule is COc1ccc(N(CC(=O)NCc2cccc(C(F)(F)F)c2)c2nc(C(C)(C)C)cs2)cc1. The summed E-state index contributed by atoms with van der Waals surface area (Å²) < 4.78 is 44.1. The molecule has 33 heavy (non-hydrogen) atoms. The first-order chi connectivity index (χ1) is 15.5. The minimum absolute atomic E-state index is 0.00961. The van der Waals surface area contributed by atoms with Crippen molar-refractivity contribution in [3.8, 4) is 5.75 Å². The molecule has 0 saturated heterocycles. The van der Waals surface area contributed by atoms with E-state index in [0.717, 1.165) is 23.5 Å². The lowest BCUT2D eigenvalue weighted by atomic mass is 9.93. The molecule has 0 bridgehead atoms. The van der Waals surface area contributed by atoms with E-state index in [1.165, 1.54) is 17.4 Å². The van der Waals surface area contributed by atoms with Gasteiger partial charge >= 0.3 is 6.18 Å². The van der Waals surface area contributed by atoms with Gasteiger partial charge in [0.15, 0.2) is 5.13 Å². The van der Waals surface area contributed by atoms with Crippen LogP contribution in [-0.2, 0) is 22.9 Å². The summed E-state index contributed by atoms with van der Waals surface area (Å²) in [5.74, 6) is 0.345. The average Bonchev–Trinajstić information content (AvgIpc) is 3.26. The maximum absolute atomic E-state index is 12.9. The normalized spacial score (nSPS) is 11.8. The van der Waals surface area contributed by atoms with Crippen LogP contribution >= 0.6 is 11.3 Å². The van der Waals surface area contributed by atoms with E-state index in [1.807, 2.05) is 17.5 Å². The van der Waals surface area contributed by atoms with E-state index < -0.39 is 11.7 Å². The fourth-order valence-corrected chi connectivity index (χ4v) is 4.09. The number of thiazole rings is 1. The van der Waals surface area contributed by atoms with E-state index in [-0.39, 0.29) is 24.4 Å². The van der Waals surface area contributed by atoms with Gasteiger partial charge in [-0.2, -0.15) is 13.2 Å². The highest BCUT2D eigenvalue weighted by Crippen LogP contribution is 2.33. The number of rotatable bonds is 7. The minimum atomic E-state index is -4.43. The molecule has 3 aromatic rings. The van der Waals surface area contributed by atoms with Gasteiger partial charge in [0, 0.05) is 23.0 Å². The van der Waals surface area contributed by atoms with Crippen LogP contribution in [0.5, 0.6) is 5.75 Å². The first-order valence-electron chi connectivity index (χ1n) is 10.3. The van der Waals surface area contributed by atoms with Crippen molar-refractivity contribution in [1.29, 1.82) is 0 Å². The van der Waals surface area contributed by atoms with Crippen molar-refractivity contribution in [2.75, 3.05) is 18.6 Å². The molecule has 0 aliphatic rings. The third-order valence-corrected chi connectivity index (χ3v) is 5.78. The van der Waals surface area contributed by atoms with Crippen LogP contribution in [0.2, 0.25) is 0 Å². The Bertz CT molecular complexity index is 1090. The monoisotopic (exact) mass is 477 g/mol. The molecule has 0 unspecified atom stereocenters. The summed E-state index contributed by atoms with van der Waals surface area (Å²) in [4.78, 5) is 19.3. The number of carbonyl (C=O) groups excluding carboxylic acids is 1. The number of nitrogens with zero attached hydrogens (tertiary/aromatic N) is 2. The highest BCUT2D eigenvalue weighted by molar-refractivity contribution is 7.13. The van der Waals surface area contributed by atoms with Gasteiger partial charge in [-0.25, -0.2) is 4.98 Å². The maximum atomic E-state index is 12.9. The van der Waals surface area contributed by atoms with Gasteiger partial charge in [-0.1, -0.05) is 32.9 Å². The van der Waals surface area contributed by atoms with Gasteiger partial charge in [-0.05, 0) is 42.0 Å². The van der Waals surface area contributed by atoms with Crippen LogP contribution in [0.4, 0.5) is 24.0 Å². The zero-order valence-electron chi connectivity index (χ0n) is 18.9. The van der Waals surface area contributed by atoms with Crippen molar-refractivity contribution in [2.24, 2.45) is 0 Å². The van der Waals surface area contributed by atoms with Crippen LogP contribution in [0.3, 0.4) is 0 Å². The van der Waals surface area contributed by atoms with Crippen LogP contribution in [0.1, 0.15) is 37.6 Å². The summed E-state index contributed by atoms with van der Waals surface area (Å²) in [5.41, 5.74) is 1.14. The van der Waals surface area contributed by atoms with Crippen molar-refractivity contribution in [3.63, 3.8) is 0 Å². The lowest BCUT2D eigenvalue weighted by molar-refractivity contribution is -0.137. The number of benzene rings is 2. The summed E-state index contributed by atoms with van der Waals surface area (Å²) in [6, 6.07) is 12.2. The molecule has 5 nitrogen and oxygen atoms in total. The summed E-state index contributed by atoms with van der Waals surface area (Å²) in [6.07, 6.45) is -4.43. The number of aromatic nitrogens is 1. The largest absolute Gasteiger partial charge is 0.497 e. The molecule has 0 fully saturated rings. The highest BCUT2D eigenvalue weighted by Gasteiger charge is 2.30. The maximum Gasteiger partial charge on any atom is 0.416 e. The Morgan fingerprint density at radius 2 is 1.82 bits per heavy atom. The second kappa shape index (κ2) is 9.82.